The SMILES string of the molecule is OCc1ncc2cccc(C(F)(F)F)n12. The van der Waals surface area contributed by atoms with E-state index >= 15 is 0 Å². The molecule has 0 unspecified atom stereocenters. The molecule has 0 spiro atoms. The third-order valence-corrected chi connectivity index (χ3v) is 2.06. The molecule has 2 aromatic rings. The van der Waals surface area contributed by atoms with Gasteiger partial charge < -0.3 is 5.11 Å². The second-order valence-corrected chi connectivity index (χ2v) is 3.00. The molecule has 0 radical (unpaired) electrons. The van der Waals surface area contributed by atoms with Crippen LogP contribution in [0.4, 0.5) is 13.2 Å². The molecule has 0 aliphatic heterocycles. The van der Waals surface area contributed by atoms with Crippen LogP contribution in [0.25, 0.3) is 5.52 Å². The standard InChI is InChI=1S/C9H7F3N2O/c10-9(11,12)7-3-1-2-6-4-13-8(5-15)14(6)7/h1-4,15H,5H2. The Balaban J connectivity index is 2.78. The zero-order valence-electron chi connectivity index (χ0n) is 7.49. The number of nitrogens with zero attached hydrogens (tertiary/aromatic N) is 2. The van der Waals surface area contributed by atoms with Gasteiger partial charge in [-0.1, -0.05) is 6.07 Å². The third-order valence-electron chi connectivity index (χ3n) is 2.06. The van der Waals surface area contributed by atoms with Crippen molar-refractivity contribution in [2.75, 3.05) is 0 Å². The van der Waals surface area contributed by atoms with Crippen LogP contribution < -0.4 is 0 Å². The summed E-state index contributed by atoms with van der Waals surface area (Å²) in [6, 6.07) is 3.76. The molecular formula is C9H7F3N2O. The van der Waals surface area contributed by atoms with Gasteiger partial charge in [0.15, 0.2) is 0 Å². The molecule has 0 aliphatic rings. The highest BCUT2D eigenvalue weighted by molar-refractivity contribution is 5.47. The van der Waals surface area contributed by atoms with Crippen molar-refractivity contribution in [1.82, 2.24) is 9.38 Å². The zero-order chi connectivity index (χ0) is 11.1. The number of hydrogen-bond acceptors (Lipinski definition) is 2. The first kappa shape index (κ1) is 9.97. The Hall–Kier alpha value is -1.56. The molecule has 0 saturated carbocycles. The Bertz CT molecular complexity index is 490. The first-order valence-electron chi connectivity index (χ1n) is 4.17. The number of imidazole rings is 1. The van der Waals surface area contributed by atoms with Gasteiger partial charge in [0.1, 0.15) is 18.1 Å². The van der Waals surface area contributed by atoms with Gasteiger partial charge in [-0.3, -0.25) is 4.40 Å². The Kier molecular flexibility index (Phi) is 2.15. The highest BCUT2D eigenvalue weighted by Crippen LogP contribution is 2.30. The highest BCUT2D eigenvalue weighted by atomic mass is 19.4. The molecule has 0 amide bonds. The van der Waals surface area contributed by atoms with Crippen LogP contribution in [0.1, 0.15) is 11.5 Å². The molecule has 2 heterocycles. The first-order valence-corrected chi connectivity index (χ1v) is 4.17. The maximum atomic E-state index is 12.6. The summed E-state index contributed by atoms with van der Waals surface area (Å²) in [5.41, 5.74) is -0.518. The number of aliphatic hydroxyl groups excluding tert-OH is 1. The van der Waals surface area contributed by atoms with Gasteiger partial charge in [-0.05, 0) is 12.1 Å². The van der Waals surface area contributed by atoms with E-state index < -0.39 is 18.5 Å². The lowest BCUT2D eigenvalue weighted by atomic mass is 10.3. The summed E-state index contributed by atoms with van der Waals surface area (Å²) >= 11 is 0. The van der Waals surface area contributed by atoms with Gasteiger partial charge in [0.25, 0.3) is 0 Å². The molecule has 0 saturated heterocycles. The maximum Gasteiger partial charge on any atom is 0.431 e. The molecule has 2 aromatic heterocycles. The van der Waals surface area contributed by atoms with Gasteiger partial charge in [-0.25, -0.2) is 4.98 Å². The monoisotopic (exact) mass is 216 g/mol. The van der Waals surface area contributed by atoms with Crippen molar-refractivity contribution < 1.29 is 18.3 Å². The lowest BCUT2D eigenvalue weighted by Crippen LogP contribution is -2.13. The maximum absolute atomic E-state index is 12.6. The summed E-state index contributed by atoms with van der Waals surface area (Å²) in [5, 5.41) is 8.86. The van der Waals surface area contributed by atoms with Crippen molar-refractivity contribution in [3.8, 4) is 0 Å². The molecule has 0 fully saturated rings. The molecule has 80 valence electrons. The molecule has 0 aromatic carbocycles. The second kappa shape index (κ2) is 3.23. The van der Waals surface area contributed by atoms with Crippen LogP contribution in [0.3, 0.4) is 0 Å². The van der Waals surface area contributed by atoms with Gasteiger partial charge >= 0.3 is 6.18 Å². The van der Waals surface area contributed by atoms with Crippen molar-refractivity contribution >= 4 is 5.52 Å². The van der Waals surface area contributed by atoms with Crippen LogP contribution in [0.2, 0.25) is 0 Å². The predicted molar refractivity (Wildman–Crippen MR) is 46.1 cm³/mol. The predicted octanol–water partition coefficient (Wildman–Crippen LogP) is 1.85. The van der Waals surface area contributed by atoms with E-state index in [-0.39, 0.29) is 5.82 Å². The molecule has 2 rings (SSSR count). The molecule has 0 atom stereocenters. The van der Waals surface area contributed by atoms with Gasteiger partial charge in [0.2, 0.25) is 0 Å². The van der Waals surface area contributed by atoms with E-state index in [1.54, 1.807) is 0 Å². The fraction of sp³-hybridized carbons (Fsp3) is 0.222. The van der Waals surface area contributed by atoms with Crippen LogP contribution >= 0.6 is 0 Å². The number of pyridine rings is 1. The molecule has 0 aliphatic carbocycles. The highest BCUT2D eigenvalue weighted by Gasteiger charge is 2.33. The number of rotatable bonds is 1. The van der Waals surface area contributed by atoms with Crippen molar-refractivity contribution in [2.45, 2.75) is 12.8 Å². The minimum absolute atomic E-state index is 0.0158. The topological polar surface area (TPSA) is 37.5 Å². The number of aromatic nitrogens is 2. The summed E-state index contributed by atoms with van der Waals surface area (Å²) in [6.45, 7) is -0.527. The zero-order valence-corrected chi connectivity index (χ0v) is 7.49. The molecular weight excluding hydrogens is 209 g/mol. The Morgan fingerprint density at radius 1 is 1.33 bits per heavy atom. The van der Waals surface area contributed by atoms with E-state index in [4.69, 9.17) is 5.11 Å². The summed E-state index contributed by atoms with van der Waals surface area (Å²) in [7, 11) is 0. The summed E-state index contributed by atoms with van der Waals surface area (Å²) < 4.78 is 38.6. The molecule has 0 bridgehead atoms. The largest absolute Gasteiger partial charge is 0.431 e. The number of fused-ring (bicyclic) bond motifs is 1. The summed E-state index contributed by atoms with van der Waals surface area (Å²) in [4.78, 5) is 3.70. The number of hydrogen-bond donors (Lipinski definition) is 1. The Morgan fingerprint density at radius 3 is 2.67 bits per heavy atom. The third kappa shape index (κ3) is 1.56. The van der Waals surface area contributed by atoms with E-state index in [0.29, 0.717) is 5.52 Å². The van der Waals surface area contributed by atoms with Gasteiger partial charge in [-0.15, -0.1) is 0 Å². The van der Waals surface area contributed by atoms with E-state index in [1.807, 2.05) is 0 Å². The Morgan fingerprint density at radius 2 is 2.07 bits per heavy atom. The normalized spacial score (nSPS) is 12.3. The van der Waals surface area contributed by atoms with Gasteiger partial charge in [0, 0.05) is 0 Å². The van der Waals surface area contributed by atoms with Crippen molar-refractivity contribution in [2.24, 2.45) is 0 Å². The number of halogens is 3. The first-order chi connectivity index (χ1) is 7.04. The molecule has 6 heteroatoms. The van der Waals surface area contributed by atoms with E-state index in [9.17, 15) is 13.2 Å². The number of aliphatic hydroxyl groups is 1. The van der Waals surface area contributed by atoms with E-state index in [0.717, 1.165) is 10.5 Å². The molecule has 3 nitrogen and oxygen atoms in total. The lowest BCUT2D eigenvalue weighted by molar-refractivity contribution is -0.142. The van der Waals surface area contributed by atoms with E-state index in [1.165, 1.54) is 18.3 Å². The second-order valence-electron chi connectivity index (χ2n) is 3.00. The van der Waals surface area contributed by atoms with Crippen LogP contribution in [0, 0.1) is 0 Å². The van der Waals surface area contributed by atoms with Crippen LogP contribution in [-0.4, -0.2) is 14.5 Å². The lowest BCUT2D eigenvalue weighted by Gasteiger charge is -2.10. The van der Waals surface area contributed by atoms with Crippen LogP contribution in [0.5, 0.6) is 0 Å². The minimum atomic E-state index is -4.45. The Labute approximate surface area is 82.8 Å². The molecule has 1 N–H and O–H groups in total. The fourth-order valence-corrected chi connectivity index (χ4v) is 1.45. The quantitative estimate of drug-likeness (QED) is 0.789. The van der Waals surface area contributed by atoms with Gasteiger partial charge in [-0.2, -0.15) is 13.2 Å². The molecule has 15 heavy (non-hydrogen) atoms. The smallest absolute Gasteiger partial charge is 0.388 e. The van der Waals surface area contributed by atoms with Crippen LogP contribution in [-0.2, 0) is 12.8 Å². The van der Waals surface area contributed by atoms with Crippen molar-refractivity contribution in [3.05, 3.63) is 35.9 Å². The summed E-state index contributed by atoms with van der Waals surface area (Å²) in [5.74, 6) is -0.0158. The fourth-order valence-electron chi connectivity index (χ4n) is 1.45. The van der Waals surface area contributed by atoms with E-state index in [2.05, 4.69) is 4.98 Å². The number of alkyl halides is 3. The average molecular weight is 216 g/mol. The van der Waals surface area contributed by atoms with Crippen molar-refractivity contribution in [1.29, 1.82) is 0 Å². The minimum Gasteiger partial charge on any atom is -0.388 e. The van der Waals surface area contributed by atoms with Crippen LogP contribution in [0.15, 0.2) is 24.4 Å². The average Bonchev–Trinajstić information content (AvgIpc) is 2.58. The van der Waals surface area contributed by atoms with Crippen molar-refractivity contribution in [3.63, 3.8) is 0 Å². The summed E-state index contributed by atoms with van der Waals surface area (Å²) in [6.07, 6.45) is -3.16. The van der Waals surface area contributed by atoms with Gasteiger partial charge in [0.05, 0.1) is 11.7 Å².